The van der Waals surface area contributed by atoms with Crippen molar-refractivity contribution in [3.63, 3.8) is 0 Å². The Morgan fingerprint density at radius 2 is 2.22 bits per heavy atom. The standard InChI is InChI=1S/C12H12N8O3/c1-4-23-12-7(13-2)5-8-15-16-11(19(8)17-12)10-14-6-9(18(10)3)20(21)22/h5-6H,2,4H2,1,3H3. The lowest BCUT2D eigenvalue weighted by atomic mass is 10.4. The van der Waals surface area contributed by atoms with E-state index in [1.54, 1.807) is 6.07 Å². The predicted molar refractivity (Wildman–Crippen MR) is 80.0 cm³/mol. The van der Waals surface area contributed by atoms with Crippen molar-refractivity contribution in [1.29, 1.82) is 0 Å². The summed E-state index contributed by atoms with van der Waals surface area (Å²) < 4.78 is 8.11. The minimum Gasteiger partial charge on any atom is -0.475 e. The highest BCUT2D eigenvalue weighted by Gasteiger charge is 2.24. The van der Waals surface area contributed by atoms with E-state index >= 15 is 0 Å². The number of ether oxygens (including phenoxy) is 1. The lowest BCUT2D eigenvalue weighted by Crippen LogP contribution is -2.04. The summed E-state index contributed by atoms with van der Waals surface area (Å²) in [4.78, 5) is 18.3. The zero-order chi connectivity index (χ0) is 16.6. The molecule has 118 valence electrons. The molecule has 0 atom stereocenters. The van der Waals surface area contributed by atoms with Gasteiger partial charge in [-0.25, -0.2) is 9.55 Å². The van der Waals surface area contributed by atoms with E-state index in [2.05, 4.69) is 32.0 Å². The van der Waals surface area contributed by atoms with E-state index < -0.39 is 4.92 Å². The maximum atomic E-state index is 10.9. The molecule has 3 heterocycles. The fraction of sp³-hybridized carbons (Fsp3) is 0.250. The summed E-state index contributed by atoms with van der Waals surface area (Å²) >= 11 is 0. The highest BCUT2D eigenvalue weighted by atomic mass is 16.6. The van der Waals surface area contributed by atoms with Crippen molar-refractivity contribution in [1.82, 2.24) is 29.4 Å². The van der Waals surface area contributed by atoms with E-state index in [0.717, 1.165) is 6.20 Å². The number of fused-ring (bicyclic) bond motifs is 1. The molecule has 0 aliphatic rings. The fourth-order valence-corrected chi connectivity index (χ4v) is 2.08. The number of rotatable bonds is 5. The van der Waals surface area contributed by atoms with Crippen LogP contribution in [0.4, 0.5) is 11.5 Å². The fourth-order valence-electron chi connectivity index (χ4n) is 2.08. The maximum absolute atomic E-state index is 10.9. The molecule has 3 rings (SSSR count). The third-order valence-electron chi connectivity index (χ3n) is 3.14. The second-order valence-corrected chi connectivity index (χ2v) is 4.48. The maximum Gasteiger partial charge on any atom is 0.343 e. The number of nitro groups is 1. The number of imidazole rings is 1. The molecule has 0 fully saturated rings. The highest BCUT2D eigenvalue weighted by Crippen LogP contribution is 2.28. The molecule has 0 saturated carbocycles. The molecule has 0 bridgehead atoms. The van der Waals surface area contributed by atoms with Crippen molar-refractivity contribution in [3.05, 3.63) is 22.4 Å². The van der Waals surface area contributed by atoms with Crippen molar-refractivity contribution in [2.24, 2.45) is 12.0 Å². The lowest BCUT2D eigenvalue weighted by Gasteiger charge is -2.05. The van der Waals surface area contributed by atoms with Crippen LogP contribution in [0.1, 0.15) is 6.92 Å². The Balaban J connectivity index is 2.21. The average molecular weight is 316 g/mol. The summed E-state index contributed by atoms with van der Waals surface area (Å²) in [6.07, 6.45) is 1.15. The predicted octanol–water partition coefficient (Wildman–Crippen LogP) is 1.16. The number of aromatic nitrogens is 6. The van der Waals surface area contributed by atoms with E-state index in [4.69, 9.17) is 4.74 Å². The van der Waals surface area contributed by atoms with Gasteiger partial charge >= 0.3 is 5.82 Å². The second-order valence-electron chi connectivity index (χ2n) is 4.48. The van der Waals surface area contributed by atoms with Gasteiger partial charge in [0.25, 0.3) is 11.7 Å². The Kier molecular flexibility index (Phi) is 3.44. The monoisotopic (exact) mass is 316 g/mol. The third-order valence-corrected chi connectivity index (χ3v) is 3.14. The van der Waals surface area contributed by atoms with E-state index in [0.29, 0.717) is 17.9 Å². The molecule has 11 nitrogen and oxygen atoms in total. The topological polar surface area (TPSA) is 126 Å². The molecule has 0 saturated heterocycles. The van der Waals surface area contributed by atoms with Gasteiger partial charge in [-0.1, -0.05) is 0 Å². The molecule has 0 unspecified atom stereocenters. The number of hydrogen-bond donors (Lipinski definition) is 0. The van der Waals surface area contributed by atoms with Crippen LogP contribution in [-0.4, -0.2) is 47.6 Å². The minimum absolute atomic E-state index is 0.161. The summed E-state index contributed by atoms with van der Waals surface area (Å²) in [5.41, 5.74) is 0.834. The molecule has 0 aromatic carbocycles. The summed E-state index contributed by atoms with van der Waals surface area (Å²) in [6, 6.07) is 1.61. The molecule has 0 aliphatic heterocycles. The zero-order valence-electron chi connectivity index (χ0n) is 12.4. The molecular formula is C12H12N8O3. The van der Waals surface area contributed by atoms with Crippen molar-refractivity contribution in [2.75, 3.05) is 6.61 Å². The van der Waals surface area contributed by atoms with Gasteiger partial charge in [-0.2, -0.15) is 4.52 Å². The van der Waals surface area contributed by atoms with Crippen LogP contribution in [0.2, 0.25) is 0 Å². The van der Waals surface area contributed by atoms with Gasteiger partial charge in [-0.15, -0.1) is 15.3 Å². The van der Waals surface area contributed by atoms with Crippen LogP contribution in [0, 0.1) is 10.1 Å². The largest absolute Gasteiger partial charge is 0.475 e. The summed E-state index contributed by atoms with van der Waals surface area (Å²) in [7, 11) is 1.52. The van der Waals surface area contributed by atoms with Crippen molar-refractivity contribution < 1.29 is 9.66 Å². The first-order chi connectivity index (χ1) is 11.1. The van der Waals surface area contributed by atoms with Crippen LogP contribution < -0.4 is 4.74 Å². The Labute approximate surface area is 129 Å². The second kappa shape index (κ2) is 5.44. The first-order valence-electron chi connectivity index (χ1n) is 6.59. The van der Waals surface area contributed by atoms with Gasteiger partial charge in [0, 0.05) is 6.07 Å². The molecule has 3 aromatic rings. The van der Waals surface area contributed by atoms with E-state index in [9.17, 15) is 10.1 Å². The molecule has 0 radical (unpaired) electrons. The van der Waals surface area contributed by atoms with E-state index in [1.807, 2.05) is 6.92 Å². The first kappa shape index (κ1) is 14.6. The average Bonchev–Trinajstić information content (AvgIpc) is 3.09. The van der Waals surface area contributed by atoms with Gasteiger partial charge in [0.2, 0.25) is 5.82 Å². The summed E-state index contributed by atoms with van der Waals surface area (Å²) in [6.45, 7) is 5.67. The smallest absolute Gasteiger partial charge is 0.343 e. The molecule has 0 aliphatic carbocycles. The minimum atomic E-state index is -0.529. The molecule has 0 spiro atoms. The first-order valence-corrected chi connectivity index (χ1v) is 6.59. The van der Waals surface area contributed by atoms with Crippen molar-refractivity contribution in [3.8, 4) is 17.5 Å². The SMILES string of the molecule is C=Nc1cc2nnc(-c3ncc([N+](=O)[O-])n3C)n2nc1OCC. The quantitative estimate of drug-likeness (QED) is 0.393. The molecule has 0 N–H and O–H groups in total. The Morgan fingerprint density at radius 1 is 1.43 bits per heavy atom. The van der Waals surface area contributed by atoms with Gasteiger partial charge < -0.3 is 14.9 Å². The van der Waals surface area contributed by atoms with Crippen LogP contribution in [0.3, 0.4) is 0 Å². The molecular weight excluding hydrogens is 304 g/mol. The van der Waals surface area contributed by atoms with Crippen LogP contribution in [-0.2, 0) is 7.05 Å². The molecule has 11 heteroatoms. The zero-order valence-corrected chi connectivity index (χ0v) is 12.4. The van der Waals surface area contributed by atoms with Crippen molar-refractivity contribution >= 4 is 23.9 Å². The lowest BCUT2D eigenvalue weighted by molar-refractivity contribution is -0.391. The number of aliphatic imine (C=N–C) groups is 1. The Morgan fingerprint density at radius 3 is 2.83 bits per heavy atom. The van der Waals surface area contributed by atoms with Crippen LogP contribution in [0.25, 0.3) is 17.3 Å². The number of nitrogens with zero attached hydrogens (tertiary/aromatic N) is 8. The van der Waals surface area contributed by atoms with Crippen molar-refractivity contribution in [2.45, 2.75) is 6.92 Å². The van der Waals surface area contributed by atoms with E-state index in [1.165, 1.54) is 16.1 Å². The number of hydrogen-bond acceptors (Lipinski definition) is 8. The molecule has 23 heavy (non-hydrogen) atoms. The third kappa shape index (κ3) is 2.27. The van der Waals surface area contributed by atoms with Gasteiger partial charge in [0.05, 0.1) is 13.7 Å². The summed E-state index contributed by atoms with van der Waals surface area (Å²) in [5.74, 6) is 0.622. The van der Waals surface area contributed by atoms with E-state index in [-0.39, 0.29) is 23.3 Å². The Bertz CT molecular complexity index is 913. The molecule has 3 aromatic heterocycles. The van der Waals surface area contributed by atoms with Gasteiger partial charge in [0.1, 0.15) is 11.9 Å². The van der Waals surface area contributed by atoms with Crippen LogP contribution in [0.15, 0.2) is 17.3 Å². The van der Waals surface area contributed by atoms with Gasteiger partial charge in [0.15, 0.2) is 5.65 Å². The van der Waals surface area contributed by atoms with Crippen LogP contribution in [0.5, 0.6) is 5.88 Å². The van der Waals surface area contributed by atoms with Gasteiger partial charge in [-0.05, 0) is 18.6 Å². The molecule has 0 amide bonds. The highest BCUT2D eigenvalue weighted by molar-refractivity contribution is 5.62. The van der Waals surface area contributed by atoms with Gasteiger partial charge in [-0.3, -0.25) is 4.99 Å². The summed E-state index contributed by atoms with van der Waals surface area (Å²) in [5, 5.41) is 23.2. The normalized spacial score (nSPS) is 10.9. The van der Waals surface area contributed by atoms with Crippen LogP contribution >= 0.6 is 0 Å². The Hall–Kier alpha value is -3.37.